The van der Waals surface area contributed by atoms with Crippen LogP contribution in [0.15, 0.2) is 30.3 Å². The number of esters is 1. The molecule has 1 saturated heterocycles. The lowest BCUT2D eigenvalue weighted by Crippen LogP contribution is -2.54. The Balaban J connectivity index is 1.53. The van der Waals surface area contributed by atoms with E-state index < -0.39 is 48.8 Å². The lowest BCUT2D eigenvalue weighted by atomic mass is 9.87. The van der Waals surface area contributed by atoms with Gasteiger partial charge in [0.15, 0.2) is 0 Å². The molecule has 2 aliphatic rings. The molecule has 2 aliphatic heterocycles. The second-order valence-corrected chi connectivity index (χ2v) is 11.0. The Morgan fingerprint density at radius 3 is 2.50 bits per heavy atom. The summed E-state index contributed by atoms with van der Waals surface area (Å²) < 4.78 is 77.5. The van der Waals surface area contributed by atoms with E-state index in [0.29, 0.717) is 49.2 Å². The summed E-state index contributed by atoms with van der Waals surface area (Å²) in [4.78, 5) is 18.8. The van der Waals surface area contributed by atoms with Crippen LogP contribution in [0.5, 0.6) is 0 Å². The van der Waals surface area contributed by atoms with Gasteiger partial charge in [-0.2, -0.15) is 0 Å². The normalized spacial score (nSPS) is 20.4. The maximum Gasteiger partial charge on any atom is 0.337 e. The Morgan fingerprint density at radius 2 is 1.88 bits per heavy atom. The smallest absolute Gasteiger partial charge is 0.337 e. The van der Waals surface area contributed by atoms with Gasteiger partial charge in [0.25, 0.3) is 5.92 Å². The number of carbonyl (C=O) groups excluding carboxylic acids is 1. The van der Waals surface area contributed by atoms with Crippen LogP contribution in [0.2, 0.25) is 0 Å². The second-order valence-electron chi connectivity index (χ2n) is 11.0. The number of likely N-dealkylation sites (tertiary alicyclic amines) is 1. The van der Waals surface area contributed by atoms with E-state index in [2.05, 4.69) is 10.3 Å². The molecule has 216 valence electrons. The molecule has 1 aromatic heterocycles. The molecular weight excluding hydrogens is 531 g/mol. The van der Waals surface area contributed by atoms with Gasteiger partial charge in [-0.25, -0.2) is 22.4 Å². The van der Waals surface area contributed by atoms with Crippen LogP contribution in [-0.4, -0.2) is 78.7 Å². The Bertz CT molecular complexity index is 1380. The van der Waals surface area contributed by atoms with Crippen LogP contribution in [0.4, 0.5) is 27.6 Å². The Hall–Kier alpha value is -3.18. The van der Waals surface area contributed by atoms with Crippen LogP contribution < -0.4 is 5.32 Å². The molecule has 0 radical (unpaired) electrons. The number of rotatable bonds is 9. The molecule has 2 atom stereocenters. The number of nitrogens with zero attached hydrogens (tertiary/aromatic N) is 2. The molecule has 0 bridgehead atoms. The number of alkyl halides is 3. The monoisotopic (exact) mass is 564 g/mol. The molecule has 5 rings (SSSR count). The molecule has 3 aromatic rings. The predicted molar refractivity (Wildman–Crippen MR) is 143 cm³/mol. The van der Waals surface area contributed by atoms with Crippen molar-refractivity contribution in [3.05, 3.63) is 64.4 Å². The fourth-order valence-electron chi connectivity index (χ4n) is 5.98. The van der Waals surface area contributed by atoms with E-state index in [1.54, 1.807) is 25.1 Å². The summed E-state index contributed by atoms with van der Waals surface area (Å²) in [5.74, 6) is -5.34. The molecule has 11 heteroatoms. The van der Waals surface area contributed by atoms with Gasteiger partial charge in [-0.3, -0.25) is 14.2 Å². The Kier molecular flexibility index (Phi) is 7.80. The highest BCUT2D eigenvalue weighted by Gasteiger charge is 2.42. The van der Waals surface area contributed by atoms with Crippen molar-refractivity contribution in [2.45, 2.75) is 50.7 Å². The quantitative estimate of drug-likeness (QED) is 0.259. The summed E-state index contributed by atoms with van der Waals surface area (Å²) in [7, 11) is 1.27. The topological polar surface area (TPSA) is 60.6 Å². The number of methoxy groups -OCH3 is 1. The summed E-state index contributed by atoms with van der Waals surface area (Å²) in [5, 5.41) is 3.87. The van der Waals surface area contributed by atoms with Gasteiger partial charge in [-0.05, 0) is 49.6 Å². The van der Waals surface area contributed by atoms with Crippen molar-refractivity contribution in [2.75, 3.05) is 45.3 Å². The zero-order valence-corrected chi connectivity index (χ0v) is 22.7. The highest BCUT2D eigenvalue weighted by atomic mass is 19.3. The number of hydrogen-bond donors (Lipinski definition) is 2. The minimum Gasteiger partial charge on any atom is -0.465 e. The molecule has 6 nitrogen and oxygen atoms in total. The van der Waals surface area contributed by atoms with Crippen molar-refractivity contribution < 1.29 is 31.5 Å². The average Bonchev–Trinajstić information content (AvgIpc) is 3.22. The largest absolute Gasteiger partial charge is 0.465 e. The van der Waals surface area contributed by atoms with Crippen LogP contribution in [0.3, 0.4) is 0 Å². The third kappa shape index (κ3) is 5.54. The number of nitrogens with one attached hydrogen (secondary N) is 2. The maximum absolute atomic E-state index is 15.8. The highest BCUT2D eigenvalue weighted by Crippen LogP contribution is 2.44. The molecule has 2 aromatic carbocycles. The van der Waals surface area contributed by atoms with Gasteiger partial charge in [0.2, 0.25) is 0 Å². The molecule has 0 unspecified atom stereocenters. The van der Waals surface area contributed by atoms with Gasteiger partial charge in [-0.15, -0.1) is 0 Å². The van der Waals surface area contributed by atoms with E-state index in [0.717, 1.165) is 17.9 Å². The number of carbonyl (C=O) groups is 1. The number of aromatic amines is 1. The molecule has 0 aliphatic carbocycles. The summed E-state index contributed by atoms with van der Waals surface area (Å²) in [6.45, 7) is 3.36. The second kappa shape index (κ2) is 11.0. The summed E-state index contributed by atoms with van der Waals surface area (Å²) in [5.41, 5.74) is 1.97. The zero-order chi connectivity index (χ0) is 28.8. The van der Waals surface area contributed by atoms with Gasteiger partial charge < -0.3 is 15.0 Å². The van der Waals surface area contributed by atoms with E-state index in [-0.39, 0.29) is 17.3 Å². The molecule has 40 heavy (non-hydrogen) atoms. The van der Waals surface area contributed by atoms with Crippen molar-refractivity contribution >= 4 is 22.6 Å². The number of aromatic nitrogens is 1. The third-order valence-electron chi connectivity index (χ3n) is 7.78. The minimum absolute atomic E-state index is 0.0291. The van der Waals surface area contributed by atoms with Crippen LogP contribution >= 0.6 is 0 Å². The lowest BCUT2D eigenvalue weighted by molar-refractivity contribution is -0.0374. The number of anilines is 1. The molecule has 1 fully saturated rings. The summed E-state index contributed by atoms with van der Waals surface area (Å²) >= 11 is 0. The SMILES string of the molecule is COC(=O)c1ccc2c3c([nH]c2c1)[C@@H](c1c(F)cc(NC2CN(CCCF)C2)cc1F)N(CC(C)(F)F)[C@H](C)C3. The lowest BCUT2D eigenvalue weighted by Gasteiger charge is -2.42. The van der Waals surface area contributed by atoms with Crippen LogP contribution in [0.25, 0.3) is 10.9 Å². The number of H-pyrrole nitrogens is 1. The first-order valence-electron chi connectivity index (χ1n) is 13.4. The van der Waals surface area contributed by atoms with Crippen molar-refractivity contribution in [1.82, 2.24) is 14.8 Å². The van der Waals surface area contributed by atoms with E-state index in [4.69, 9.17) is 4.74 Å². The number of ether oxygens (including phenoxy) is 1. The molecule has 2 N–H and O–H groups in total. The molecule has 0 amide bonds. The molecular formula is C29H33F5N4O2. The van der Waals surface area contributed by atoms with Crippen molar-refractivity contribution in [3.8, 4) is 0 Å². The van der Waals surface area contributed by atoms with Crippen molar-refractivity contribution in [2.24, 2.45) is 0 Å². The highest BCUT2D eigenvalue weighted by molar-refractivity contribution is 5.96. The summed E-state index contributed by atoms with van der Waals surface area (Å²) in [6.07, 6.45) is 0.820. The average molecular weight is 565 g/mol. The van der Waals surface area contributed by atoms with Crippen molar-refractivity contribution in [1.29, 1.82) is 0 Å². The van der Waals surface area contributed by atoms with Crippen molar-refractivity contribution in [3.63, 3.8) is 0 Å². The van der Waals surface area contributed by atoms with Gasteiger partial charge in [0.05, 0.1) is 38.0 Å². The minimum atomic E-state index is -3.11. The Labute approximate surface area is 229 Å². The number of halogens is 5. The van der Waals surface area contributed by atoms with Gasteiger partial charge in [0.1, 0.15) is 11.6 Å². The Morgan fingerprint density at radius 1 is 1.18 bits per heavy atom. The van der Waals surface area contributed by atoms with E-state index >= 15 is 8.78 Å². The van der Waals surface area contributed by atoms with Crippen LogP contribution in [-0.2, 0) is 11.2 Å². The first-order valence-corrected chi connectivity index (χ1v) is 13.4. The first kappa shape index (κ1) is 28.4. The van der Waals surface area contributed by atoms with E-state index in [1.165, 1.54) is 24.1 Å². The van der Waals surface area contributed by atoms with Gasteiger partial charge in [-0.1, -0.05) is 6.07 Å². The number of hydrogen-bond acceptors (Lipinski definition) is 5. The van der Waals surface area contributed by atoms with Crippen LogP contribution in [0, 0.1) is 11.6 Å². The standard InChI is InChI=1S/C29H33F5N4O2/c1-16-9-21-20-6-5-17(28(39)40-3)10-24(20)36-26(21)27(38(16)15-29(2,33)34)25-22(31)11-18(12-23(25)32)35-19-13-37(14-19)8-4-7-30/h5-6,10-12,16,19,27,35-36H,4,7-9,13-15H2,1-3H3/t16-,27-/m1/s1. The molecule has 3 heterocycles. The third-order valence-corrected chi connectivity index (χ3v) is 7.78. The molecule has 0 spiro atoms. The first-order chi connectivity index (χ1) is 19.0. The van der Waals surface area contributed by atoms with Crippen LogP contribution in [0.1, 0.15) is 53.5 Å². The fourth-order valence-corrected chi connectivity index (χ4v) is 5.98. The zero-order valence-electron chi connectivity index (χ0n) is 22.7. The van der Waals surface area contributed by atoms with Gasteiger partial charge in [0, 0.05) is 60.4 Å². The van der Waals surface area contributed by atoms with E-state index in [9.17, 15) is 18.0 Å². The maximum atomic E-state index is 15.8. The number of benzene rings is 2. The molecule has 0 saturated carbocycles. The summed E-state index contributed by atoms with van der Waals surface area (Å²) in [6, 6.07) is 5.70. The van der Waals surface area contributed by atoms with Gasteiger partial charge >= 0.3 is 5.97 Å². The predicted octanol–water partition coefficient (Wildman–Crippen LogP) is 5.68. The van der Waals surface area contributed by atoms with E-state index in [1.807, 2.05) is 4.90 Å². The fraction of sp³-hybridized carbons (Fsp3) is 0.483. The number of fused-ring (bicyclic) bond motifs is 3.